The molecule has 1 aromatic heterocycles. The molecule has 0 aliphatic rings. The molecule has 1 N–H and O–H groups in total. The van der Waals surface area contributed by atoms with Crippen molar-refractivity contribution in [2.45, 2.75) is 19.5 Å². The Bertz CT molecular complexity index is 657. The first-order chi connectivity index (χ1) is 10.3. The van der Waals surface area contributed by atoms with Gasteiger partial charge in [-0.1, -0.05) is 54.6 Å². The number of rotatable bonds is 5. The largest absolute Gasteiger partial charge is 0.468 e. The van der Waals surface area contributed by atoms with E-state index in [1.165, 1.54) is 16.7 Å². The van der Waals surface area contributed by atoms with Crippen LogP contribution < -0.4 is 5.32 Å². The van der Waals surface area contributed by atoms with E-state index in [0.29, 0.717) is 6.04 Å². The van der Waals surface area contributed by atoms with Gasteiger partial charge in [0.15, 0.2) is 0 Å². The molecule has 21 heavy (non-hydrogen) atoms. The minimum atomic E-state index is 0.292. The number of furan rings is 1. The van der Waals surface area contributed by atoms with Crippen molar-refractivity contribution in [3.63, 3.8) is 0 Å². The summed E-state index contributed by atoms with van der Waals surface area (Å²) in [4.78, 5) is 0. The maximum absolute atomic E-state index is 5.33. The van der Waals surface area contributed by atoms with Gasteiger partial charge in [0.25, 0.3) is 0 Å². The SMILES string of the molecule is CC(NCc1ccco1)c1ccc(-c2ccccc2)cc1. The lowest BCUT2D eigenvalue weighted by Gasteiger charge is -2.14. The highest BCUT2D eigenvalue weighted by Crippen LogP contribution is 2.21. The molecule has 0 spiro atoms. The second-order valence-electron chi connectivity index (χ2n) is 5.17. The zero-order chi connectivity index (χ0) is 14.5. The Hall–Kier alpha value is -2.32. The molecule has 2 nitrogen and oxygen atoms in total. The Kier molecular flexibility index (Phi) is 4.17. The summed E-state index contributed by atoms with van der Waals surface area (Å²) in [5.41, 5.74) is 3.78. The van der Waals surface area contributed by atoms with Crippen molar-refractivity contribution in [1.29, 1.82) is 0 Å². The fourth-order valence-corrected chi connectivity index (χ4v) is 2.38. The normalized spacial score (nSPS) is 12.2. The molecule has 106 valence electrons. The van der Waals surface area contributed by atoms with Crippen LogP contribution in [0.3, 0.4) is 0 Å². The van der Waals surface area contributed by atoms with Crippen molar-refractivity contribution < 1.29 is 4.42 Å². The average Bonchev–Trinajstić information content (AvgIpc) is 3.07. The third-order valence-electron chi connectivity index (χ3n) is 3.68. The molecule has 3 rings (SSSR count). The van der Waals surface area contributed by atoms with E-state index in [2.05, 4.69) is 60.8 Å². The molecule has 0 bridgehead atoms. The first kappa shape index (κ1) is 13.7. The van der Waals surface area contributed by atoms with Gasteiger partial charge in [0.2, 0.25) is 0 Å². The topological polar surface area (TPSA) is 25.2 Å². The lowest BCUT2D eigenvalue weighted by atomic mass is 10.0. The van der Waals surface area contributed by atoms with Gasteiger partial charge in [-0.15, -0.1) is 0 Å². The monoisotopic (exact) mass is 277 g/mol. The van der Waals surface area contributed by atoms with Crippen LogP contribution in [0.2, 0.25) is 0 Å². The number of hydrogen-bond donors (Lipinski definition) is 1. The van der Waals surface area contributed by atoms with Crippen molar-refractivity contribution in [3.8, 4) is 11.1 Å². The molecule has 0 fully saturated rings. The summed E-state index contributed by atoms with van der Waals surface area (Å²) >= 11 is 0. The van der Waals surface area contributed by atoms with Gasteiger partial charge in [-0.2, -0.15) is 0 Å². The van der Waals surface area contributed by atoms with E-state index in [9.17, 15) is 0 Å². The van der Waals surface area contributed by atoms with Crippen molar-refractivity contribution >= 4 is 0 Å². The van der Waals surface area contributed by atoms with Crippen LogP contribution >= 0.6 is 0 Å². The number of nitrogens with one attached hydrogen (secondary N) is 1. The molecule has 0 aliphatic heterocycles. The smallest absolute Gasteiger partial charge is 0.117 e. The molecular formula is C19H19NO. The summed E-state index contributed by atoms with van der Waals surface area (Å²) in [6.45, 7) is 2.91. The van der Waals surface area contributed by atoms with Gasteiger partial charge in [0.1, 0.15) is 5.76 Å². The molecular weight excluding hydrogens is 258 g/mol. The zero-order valence-electron chi connectivity index (χ0n) is 12.1. The molecule has 1 heterocycles. The van der Waals surface area contributed by atoms with Crippen LogP contribution in [-0.4, -0.2) is 0 Å². The van der Waals surface area contributed by atoms with Crippen LogP contribution in [0, 0.1) is 0 Å². The van der Waals surface area contributed by atoms with Crippen molar-refractivity contribution in [3.05, 3.63) is 84.3 Å². The molecule has 1 unspecified atom stereocenters. The molecule has 3 aromatic rings. The van der Waals surface area contributed by atoms with Gasteiger partial charge in [0.05, 0.1) is 12.8 Å². The minimum absolute atomic E-state index is 0.292. The fourth-order valence-electron chi connectivity index (χ4n) is 2.38. The quantitative estimate of drug-likeness (QED) is 0.725. The second-order valence-corrected chi connectivity index (χ2v) is 5.17. The lowest BCUT2D eigenvalue weighted by molar-refractivity contribution is 0.460. The summed E-state index contributed by atoms with van der Waals surface area (Å²) in [6.07, 6.45) is 1.70. The van der Waals surface area contributed by atoms with Crippen molar-refractivity contribution in [2.75, 3.05) is 0 Å². The highest BCUT2D eigenvalue weighted by atomic mass is 16.3. The van der Waals surface area contributed by atoms with Crippen LogP contribution in [0.25, 0.3) is 11.1 Å². The highest BCUT2D eigenvalue weighted by molar-refractivity contribution is 5.63. The minimum Gasteiger partial charge on any atom is -0.468 e. The van der Waals surface area contributed by atoms with Gasteiger partial charge < -0.3 is 9.73 Å². The Morgan fingerprint density at radius 1 is 0.857 bits per heavy atom. The molecule has 0 amide bonds. The zero-order valence-corrected chi connectivity index (χ0v) is 12.1. The van der Waals surface area contributed by atoms with E-state index in [0.717, 1.165) is 12.3 Å². The van der Waals surface area contributed by atoms with E-state index in [1.54, 1.807) is 6.26 Å². The van der Waals surface area contributed by atoms with Crippen LogP contribution in [-0.2, 0) is 6.54 Å². The van der Waals surface area contributed by atoms with Crippen LogP contribution in [0.4, 0.5) is 0 Å². The van der Waals surface area contributed by atoms with Crippen molar-refractivity contribution in [2.24, 2.45) is 0 Å². The third-order valence-corrected chi connectivity index (χ3v) is 3.68. The molecule has 0 aliphatic carbocycles. The van der Waals surface area contributed by atoms with Gasteiger partial charge >= 0.3 is 0 Å². The predicted octanol–water partition coefficient (Wildman–Crippen LogP) is 4.80. The molecule has 2 heteroatoms. The Morgan fingerprint density at radius 3 is 2.24 bits per heavy atom. The van der Waals surface area contributed by atoms with E-state index in [-0.39, 0.29) is 0 Å². The van der Waals surface area contributed by atoms with E-state index < -0.39 is 0 Å². The Morgan fingerprint density at radius 2 is 1.57 bits per heavy atom. The molecule has 0 saturated carbocycles. The molecule has 2 aromatic carbocycles. The summed E-state index contributed by atoms with van der Waals surface area (Å²) in [6, 6.07) is 23.3. The highest BCUT2D eigenvalue weighted by Gasteiger charge is 2.06. The van der Waals surface area contributed by atoms with Gasteiger partial charge in [0, 0.05) is 6.04 Å². The summed E-state index contributed by atoms with van der Waals surface area (Å²) in [7, 11) is 0. The predicted molar refractivity (Wildman–Crippen MR) is 85.8 cm³/mol. The number of hydrogen-bond acceptors (Lipinski definition) is 2. The van der Waals surface area contributed by atoms with Crippen LogP contribution in [0.5, 0.6) is 0 Å². The third kappa shape index (κ3) is 3.41. The fraction of sp³-hybridized carbons (Fsp3) is 0.158. The maximum Gasteiger partial charge on any atom is 0.117 e. The van der Waals surface area contributed by atoms with Crippen LogP contribution in [0.15, 0.2) is 77.4 Å². The van der Waals surface area contributed by atoms with Gasteiger partial charge in [-0.25, -0.2) is 0 Å². The lowest BCUT2D eigenvalue weighted by Crippen LogP contribution is -2.17. The average molecular weight is 277 g/mol. The standard InChI is InChI=1S/C19H19NO/c1-15(20-14-19-8-5-13-21-19)16-9-11-18(12-10-16)17-6-3-2-4-7-17/h2-13,15,20H,14H2,1H3. The van der Waals surface area contributed by atoms with Crippen molar-refractivity contribution in [1.82, 2.24) is 5.32 Å². The van der Waals surface area contributed by atoms with E-state index in [1.807, 2.05) is 18.2 Å². The molecule has 1 atom stereocenters. The Balaban J connectivity index is 1.66. The molecule has 0 saturated heterocycles. The van der Waals surface area contributed by atoms with E-state index >= 15 is 0 Å². The van der Waals surface area contributed by atoms with Crippen LogP contribution in [0.1, 0.15) is 24.3 Å². The first-order valence-electron chi connectivity index (χ1n) is 7.24. The maximum atomic E-state index is 5.33. The number of benzene rings is 2. The Labute approximate surface area is 125 Å². The first-order valence-corrected chi connectivity index (χ1v) is 7.24. The second kappa shape index (κ2) is 6.42. The van der Waals surface area contributed by atoms with Gasteiger partial charge in [-0.05, 0) is 35.7 Å². The summed E-state index contributed by atoms with van der Waals surface area (Å²) in [5.74, 6) is 0.961. The summed E-state index contributed by atoms with van der Waals surface area (Å²) < 4.78 is 5.33. The molecule has 0 radical (unpaired) electrons. The van der Waals surface area contributed by atoms with Gasteiger partial charge in [-0.3, -0.25) is 0 Å². The van der Waals surface area contributed by atoms with E-state index in [4.69, 9.17) is 4.42 Å². The summed E-state index contributed by atoms with van der Waals surface area (Å²) in [5, 5.41) is 3.47.